The maximum atomic E-state index is 12.3. The van der Waals surface area contributed by atoms with Gasteiger partial charge in [-0.2, -0.15) is 4.98 Å². The topological polar surface area (TPSA) is 80.5 Å². The normalized spacial score (nSPS) is 16.8. The van der Waals surface area contributed by atoms with Crippen LogP contribution in [0.2, 0.25) is 0 Å². The fourth-order valence-corrected chi connectivity index (χ4v) is 2.70. The minimum atomic E-state index is -0.0796. The van der Waals surface area contributed by atoms with Crippen molar-refractivity contribution in [2.45, 2.75) is 19.9 Å². The predicted octanol–water partition coefficient (Wildman–Crippen LogP) is 1.50. The largest absolute Gasteiger partial charge is 0.379 e. The standard InChI is InChI=1S/C17H22N4O3/c1-12(11-21-7-9-23-10-8-21)18-16(22)14-3-5-15(6-4-14)17-19-13(2)20-24-17/h3-6,12H,7-11H2,1-2H3,(H,18,22)/t12-/m1/s1. The number of benzene rings is 1. The van der Waals surface area contributed by atoms with E-state index in [0.29, 0.717) is 17.3 Å². The average molecular weight is 330 g/mol. The van der Waals surface area contributed by atoms with Crippen molar-refractivity contribution >= 4 is 5.91 Å². The zero-order valence-corrected chi connectivity index (χ0v) is 14.0. The summed E-state index contributed by atoms with van der Waals surface area (Å²) in [5, 5.41) is 6.80. The Bertz CT molecular complexity index is 677. The Balaban J connectivity index is 1.56. The highest BCUT2D eigenvalue weighted by Gasteiger charge is 2.16. The first-order valence-electron chi connectivity index (χ1n) is 8.13. The summed E-state index contributed by atoms with van der Waals surface area (Å²) in [6.07, 6.45) is 0. The second-order valence-corrected chi connectivity index (χ2v) is 6.01. The van der Waals surface area contributed by atoms with Crippen molar-refractivity contribution in [3.8, 4) is 11.5 Å². The molecule has 0 aliphatic carbocycles. The number of nitrogens with one attached hydrogen (secondary N) is 1. The quantitative estimate of drug-likeness (QED) is 0.895. The Morgan fingerprint density at radius 2 is 2.00 bits per heavy atom. The van der Waals surface area contributed by atoms with Crippen molar-refractivity contribution in [2.24, 2.45) is 0 Å². The Morgan fingerprint density at radius 3 is 2.62 bits per heavy atom. The number of aryl methyl sites for hydroxylation is 1. The second kappa shape index (κ2) is 7.55. The molecule has 1 fully saturated rings. The Hall–Kier alpha value is -2.25. The first kappa shape index (κ1) is 16.6. The number of ether oxygens (including phenoxy) is 1. The van der Waals surface area contributed by atoms with Gasteiger partial charge in [0.25, 0.3) is 11.8 Å². The van der Waals surface area contributed by atoms with Crippen molar-refractivity contribution < 1.29 is 14.1 Å². The molecule has 24 heavy (non-hydrogen) atoms. The van der Waals surface area contributed by atoms with Crippen molar-refractivity contribution in [1.82, 2.24) is 20.4 Å². The van der Waals surface area contributed by atoms with Gasteiger partial charge in [-0.25, -0.2) is 0 Å². The van der Waals surface area contributed by atoms with Gasteiger partial charge < -0.3 is 14.6 Å². The number of hydrogen-bond donors (Lipinski definition) is 1. The summed E-state index contributed by atoms with van der Waals surface area (Å²) in [6.45, 7) is 7.97. The van der Waals surface area contributed by atoms with E-state index in [4.69, 9.17) is 9.26 Å². The number of hydrogen-bond acceptors (Lipinski definition) is 6. The summed E-state index contributed by atoms with van der Waals surface area (Å²) in [5.74, 6) is 0.966. The van der Waals surface area contributed by atoms with Crippen LogP contribution in [0.4, 0.5) is 0 Å². The lowest BCUT2D eigenvalue weighted by atomic mass is 10.1. The van der Waals surface area contributed by atoms with E-state index in [-0.39, 0.29) is 11.9 Å². The monoisotopic (exact) mass is 330 g/mol. The van der Waals surface area contributed by atoms with Crippen LogP contribution in [0.3, 0.4) is 0 Å². The molecule has 3 rings (SSSR count). The third-order valence-corrected chi connectivity index (χ3v) is 3.93. The Kier molecular flexibility index (Phi) is 5.22. The second-order valence-electron chi connectivity index (χ2n) is 6.01. The van der Waals surface area contributed by atoms with Crippen molar-refractivity contribution in [2.75, 3.05) is 32.8 Å². The van der Waals surface area contributed by atoms with Gasteiger partial charge in [0.05, 0.1) is 13.2 Å². The number of carbonyl (C=O) groups excluding carboxylic acids is 1. The summed E-state index contributed by atoms with van der Waals surface area (Å²) >= 11 is 0. The zero-order chi connectivity index (χ0) is 16.9. The maximum Gasteiger partial charge on any atom is 0.257 e. The van der Waals surface area contributed by atoms with Gasteiger partial charge in [-0.05, 0) is 38.1 Å². The van der Waals surface area contributed by atoms with E-state index in [2.05, 4.69) is 20.4 Å². The zero-order valence-electron chi connectivity index (χ0n) is 14.0. The number of carbonyl (C=O) groups is 1. The van der Waals surface area contributed by atoms with E-state index in [9.17, 15) is 4.79 Å². The van der Waals surface area contributed by atoms with Crippen LogP contribution in [-0.4, -0.2) is 59.8 Å². The first-order chi connectivity index (χ1) is 11.6. The molecule has 1 N–H and O–H groups in total. The van der Waals surface area contributed by atoms with E-state index in [0.717, 1.165) is 38.4 Å². The van der Waals surface area contributed by atoms with Gasteiger partial charge in [-0.3, -0.25) is 9.69 Å². The lowest BCUT2D eigenvalue weighted by Gasteiger charge is -2.29. The number of morpholine rings is 1. The molecule has 0 radical (unpaired) electrons. The van der Waals surface area contributed by atoms with Crippen LogP contribution in [0.5, 0.6) is 0 Å². The molecular formula is C17H22N4O3. The summed E-state index contributed by atoms with van der Waals surface area (Å²) in [5.41, 5.74) is 1.41. The highest BCUT2D eigenvalue weighted by Crippen LogP contribution is 2.17. The molecule has 7 heteroatoms. The molecule has 0 bridgehead atoms. The van der Waals surface area contributed by atoms with E-state index in [1.807, 2.05) is 19.1 Å². The van der Waals surface area contributed by atoms with Crippen LogP contribution in [0.1, 0.15) is 23.1 Å². The van der Waals surface area contributed by atoms with Gasteiger partial charge in [-0.15, -0.1) is 0 Å². The van der Waals surface area contributed by atoms with Gasteiger partial charge in [-0.1, -0.05) is 5.16 Å². The van der Waals surface area contributed by atoms with E-state index < -0.39 is 0 Å². The fourth-order valence-electron chi connectivity index (χ4n) is 2.70. The lowest BCUT2D eigenvalue weighted by molar-refractivity contribution is 0.0342. The Labute approximate surface area is 141 Å². The molecule has 128 valence electrons. The summed E-state index contributed by atoms with van der Waals surface area (Å²) < 4.78 is 10.5. The molecule has 2 heterocycles. The first-order valence-corrected chi connectivity index (χ1v) is 8.13. The van der Waals surface area contributed by atoms with Crippen LogP contribution in [0.15, 0.2) is 28.8 Å². The van der Waals surface area contributed by atoms with Gasteiger partial charge >= 0.3 is 0 Å². The molecule has 1 aliphatic heterocycles. The highest BCUT2D eigenvalue weighted by atomic mass is 16.5. The molecule has 0 saturated carbocycles. The molecule has 1 aromatic heterocycles. The molecule has 0 spiro atoms. The number of nitrogens with zero attached hydrogens (tertiary/aromatic N) is 3. The minimum Gasteiger partial charge on any atom is -0.379 e. The van der Waals surface area contributed by atoms with Gasteiger partial charge in [0.2, 0.25) is 0 Å². The fraction of sp³-hybridized carbons (Fsp3) is 0.471. The molecule has 1 aromatic carbocycles. The molecule has 1 saturated heterocycles. The molecule has 7 nitrogen and oxygen atoms in total. The molecule has 1 aliphatic rings. The molecular weight excluding hydrogens is 308 g/mol. The summed E-state index contributed by atoms with van der Waals surface area (Å²) in [6, 6.07) is 7.24. The molecule has 0 unspecified atom stereocenters. The smallest absolute Gasteiger partial charge is 0.257 e. The van der Waals surface area contributed by atoms with Crippen molar-refractivity contribution in [3.05, 3.63) is 35.7 Å². The number of rotatable bonds is 5. The van der Waals surface area contributed by atoms with Crippen LogP contribution in [0.25, 0.3) is 11.5 Å². The van der Waals surface area contributed by atoms with Crippen molar-refractivity contribution in [3.63, 3.8) is 0 Å². The van der Waals surface area contributed by atoms with Crippen LogP contribution in [0, 0.1) is 6.92 Å². The van der Waals surface area contributed by atoms with Crippen LogP contribution in [-0.2, 0) is 4.74 Å². The van der Waals surface area contributed by atoms with Gasteiger partial charge in [0.1, 0.15) is 0 Å². The van der Waals surface area contributed by atoms with Crippen LogP contribution >= 0.6 is 0 Å². The third kappa shape index (κ3) is 4.18. The number of aromatic nitrogens is 2. The van der Waals surface area contributed by atoms with E-state index >= 15 is 0 Å². The van der Waals surface area contributed by atoms with Crippen molar-refractivity contribution in [1.29, 1.82) is 0 Å². The maximum absolute atomic E-state index is 12.3. The molecule has 1 atom stereocenters. The van der Waals surface area contributed by atoms with E-state index in [1.165, 1.54) is 0 Å². The van der Waals surface area contributed by atoms with Gasteiger partial charge in [0.15, 0.2) is 5.82 Å². The summed E-state index contributed by atoms with van der Waals surface area (Å²) in [7, 11) is 0. The Morgan fingerprint density at radius 1 is 1.29 bits per heavy atom. The number of amides is 1. The highest BCUT2D eigenvalue weighted by molar-refractivity contribution is 5.94. The average Bonchev–Trinajstić information content (AvgIpc) is 3.02. The summed E-state index contributed by atoms with van der Waals surface area (Å²) in [4.78, 5) is 18.8. The SMILES string of the molecule is Cc1noc(-c2ccc(C(=O)N[C@H](C)CN3CCOCC3)cc2)n1. The predicted molar refractivity (Wildman–Crippen MR) is 88.7 cm³/mol. The van der Waals surface area contributed by atoms with Gasteiger partial charge in [0, 0.05) is 36.8 Å². The molecule has 2 aromatic rings. The third-order valence-electron chi connectivity index (χ3n) is 3.93. The lowest BCUT2D eigenvalue weighted by Crippen LogP contribution is -2.46. The molecule has 1 amide bonds. The van der Waals surface area contributed by atoms with Crippen LogP contribution < -0.4 is 5.32 Å². The minimum absolute atomic E-state index is 0.0777. The van der Waals surface area contributed by atoms with E-state index in [1.54, 1.807) is 19.1 Å².